The van der Waals surface area contributed by atoms with E-state index in [0.717, 1.165) is 62.2 Å². The molecule has 1 saturated heterocycles. The first-order chi connectivity index (χ1) is 18.2. The lowest BCUT2D eigenvalue weighted by molar-refractivity contribution is 0.0459. The van der Waals surface area contributed by atoms with Crippen molar-refractivity contribution in [3.8, 4) is 5.75 Å². The summed E-state index contributed by atoms with van der Waals surface area (Å²) >= 11 is 0. The van der Waals surface area contributed by atoms with Crippen LogP contribution in [0.2, 0.25) is 0 Å². The number of aliphatic hydroxyl groups excluding tert-OH is 1. The number of aromatic nitrogens is 1. The summed E-state index contributed by atoms with van der Waals surface area (Å²) in [5.41, 5.74) is 6.88. The van der Waals surface area contributed by atoms with Gasteiger partial charge in [-0.2, -0.15) is 0 Å². The lowest BCUT2D eigenvalue weighted by Gasteiger charge is -2.37. The van der Waals surface area contributed by atoms with Gasteiger partial charge in [-0.15, -0.1) is 0 Å². The van der Waals surface area contributed by atoms with Gasteiger partial charge in [0.05, 0.1) is 5.52 Å². The van der Waals surface area contributed by atoms with Crippen molar-refractivity contribution in [3.05, 3.63) is 107 Å². The highest BCUT2D eigenvalue weighted by atomic mass is 16.5. The number of β-amino-alcohol motifs (C(OH)–C–C–N with tert-alkyl or cyclic N) is 1. The molecule has 0 saturated carbocycles. The Kier molecular flexibility index (Phi) is 7.18. The number of hydrogen-bond acceptors (Lipinski definition) is 5. The fraction of sp³-hybridized carbons (Fsp3) is 0.344. The minimum atomic E-state index is -0.529. The molecule has 1 aromatic heterocycles. The van der Waals surface area contributed by atoms with E-state index in [1.54, 1.807) is 6.20 Å². The summed E-state index contributed by atoms with van der Waals surface area (Å²) in [6.07, 6.45) is 3.49. The van der Waals surface area contributed by atoms with E-state index in [1.807, 2.05) is 30.3 Å². The van der Waals surface area contributed by atoms with Crippen molar-refractivity contribution in [1.29, 1.82) is 0 Å². The fourth-order valence-corrected chi connectivity index (χ4v) is 5.99. The molecule has 4 aromatic rings. The Balaban J connectivity index is 1.05. The van der Waals surface area contributed by atoms with Gasteiger partial charge in [0.1, 0.15) is 18.5 Å². The Morgan fingerprint density at radius 1 is 0.784 bits per heavy atom. The van der Waals surface area contributed by atoms with Crippen molar-refractivity contribution >= 4 is 10.9 Å². The molecule has 2 aliphatic rings. The topological polar surface area (TPSA) is 48.8 Å². The highest BCUT2D eigenvalue weighted by Gasteiger charge is 2.27. The van der Waals surface area contributed by atoms with Gasteiger partial charge < -0.3 is 9.84 Å². The van der Waals surface area contributed by atoms with Crippen LogP contribution in [0.25, 0.3) is 10.9 Å². The van der Waals surface area contributed by atoms with Crippen LogP contribution in [0.15, 0.2) is 85.1 Å². The van der Waals surface area contributed by atoms with Crippen molar-refractivity contribution in [1.82, 2.24) is 14.8 Å². The zero-order valence-corrected chi connectivity index (χ0v) is 21.3. The predicted molar refractivity (Wildman–Crippen MR) is 148 cm³/mol. The average Bonchev–Trinajstić information content (AvgIpc) is 3.10. The first kappa shape index (κ1) is 24.1. The van der Waals surface area contributed by atoms with E-state index in [9.17, 15) is 5.11 Å². The molecular formula is C32H35N3O2. The lowest BCUT2D eigenvalue weighted by atomic mass is 9.87. The molecule has 1 N–H and O–H groups in total. The smallest absolute Gasteiger partial charge is 0.128 e. The summed E-state index contributed by atoms with van der Waals surface area (Å²) in [5.74, 6) is 1.19. The Hall–Kier alpha value is -3.25. The number of pyridine rings is 1. The van der Waals surface area contributed by atoms with E-state index < -0.39 is 6.10 Å². The molecule has 5 heteroatoms. The number of benzene rings is 3. The zero-order valence-electron chi connectivity index (χ0n) is 21.3. The van der Waals surface area contributed by atoms with Gasteiger partial charge >= 0.3 is 0 Å². The number of nitrogens with zero attached hydrogens (tertiary/aromatic N) is 3. The van der Waals surface area contributed by atoms with Gasteiger partial charge in [0, 0.05) is 56.8 Å². The summed E-state index contributed by atoms with van der Waals surface area (Å²) in [5, 5.41) is 11.7. The van der Waals surface area contributed by atoms with Crippen LogP contribution in [0, 0.1) is 0 Å². The Morgan fingerprint density at radius 2 is 1.46 bits per heavy atom. The van der Waals surface area contributed by atoms with E-state index in [4.69, 9.17) is 4.74 Å². The summed E-state index contributed by atoms with van der Waals surface area (Å²) in [6, 6.07) is 27.8. The molecule has 0 bridgehead atoms. The first-order valence-corrected chi connectivity index (χ1v) is 13.5. The number of fused-ring (bicyclic) bond motifs is 3. The summed E-state index contributed by atoms with van der Waals surface area (Å²) in [7, 11) is 0. The minimum absolute atomic E-state index is 0.282. The van der Waals surface area contributed by atoms with Gasteiger partial charge in [0.2, 0.25) is 0 Å². The standard InChI is InChI=1S/C32H35N3O2/c36-26(23-37-32-13-5-12-31-29(32)11-6-16-33-31)21-34-17-19-35(20-18-34)22-30-27-9-3-1-7-24(27)14-15-25-8-2-4-10-28(25)30/h1-13,16,26,30,36H,14-15,17-23H2. The number of aryl methyl sites for hydroxylation is 2. The molecule has 37 heavy (non-hydrogen) atoms. The Bertz CT molecular complexity index is 1300. The molecule has 1 unspecified atom stereocenters. The monoisotopic (exact) mass is 493 g/mol. The molecule has 6 rings (SSSR count). The van der Waals surface area contributed by atoms with Gasteiger partial charge in [-0.1, -0.05) is 54.6 Å². The maximum absolute atomic E-state index is 10.7. The van der Waals surface area contributed by atoms with Crippen LogP contribution < -0.4 is 4.74 Å². The van der Waals surface area contributed by atoms with Crippen molar-refractivity contribution < 1.29 is 9.84 Å². The third-order valence-corrected chi connectivity index (χ3v) is 7.94. The van der Waals surface area contributed by atoms with Gasteiger partial charge in [-0.3, -0.25) is 14.8 Å². The molecule has 1 atom stereocenters. The van der Waals surface area contributed by atoms with Gasteiger partial charge in [-0.25, -0.2) is 0 Å². The van der Waals surface area contributed by atoms with E-state index in [0.29, 0.717) is 12.5 Å². The molecule has 5 nitrogen and oxygen atoms in total. The maximum Gasteiger partial charge on any atom is 0.128 e. The van der Waals surface area contributed by atoms with Gasteiger partial charge in [0.15, 0.2) is 0 Å². The lowest BCUT2D eigenvalue weighted by Crippen LogP contribution is -2.50. The van der Waals surface area contributed by atoms with E-state index in [1.165, 1.54) is 22.3 Å². The molecule has 0 amide bonds. The number of piperazine rings is 1. The largest absolute Gasteiger partial charge is 0.490 e. The average molecular weight is 494 g/mol. The van der Waals surface area contributed by atoms with Crippen molar-refractivity contribution in [2.75, 3.05) is 45.9 Å². The molecule has 1 fully saturated rings. The highest BCUT2D eigenvalue weighted by Crippen LogP contribution is 2.35. The van der Waals surface area contributed by atoms with Gasteiger partial charge in [-0.05, 0) is 59.4 Å². The first-order valence-electron chi connectivity index (χ1n) is 13.5. The van der Waals surface area contributed by atoms with Crippen LogP contribution in [0.5, 0.6) is 5.75 Å². The van der Waals surface area contributed by atoms with Crippen LogP contribution in [0.4, 0.5) is 0 Å². The molecule has 0 radical (unpaired) electrons. The summed E-state index contributed by atoms with van der Waals surface area (Å²) in [6.45, 7) is 5.92. The predicted octanol–water partition coefficient (Wildman–Crippen LogP) is 4.52. The Labute approximate surface area is 219 Å². The maximum atomic E-state index is 10.7. The zero-order chi connectivity index (χ0) is 25.0. The highest BCUT2D eigenvalue weighted by molar-refractivity contribution is 5.84. The quantitative estimate of drug-likeness (QED) is 0.410. The Morgan fingerprint density at radius 3 is 2.19 bits per heavy atom. The molecule has 1 aliphatic heterocycles. The van der Waals surface area contributed by atoms with E-state index >= 15 is 0 Å². The SMILES string of the molecule is OC(COc1cccc2ncccc12)CN1CCN(CC2c3ccccc3CCc3ccccc32)CC1. The van der Waals surface area contributed by atoms with Crippen molar-refractivity contribution in [2.24, 2.45) is 0 Å². The van der Waals surface area contributed by atoms with Crippen LogP contribution in [0.3, 0.4) is 0 Å². The third-order valence-electron chi connectivity index (χ3n) is 7.94. The fourth-order valence-electron chi connectivity index (χ4n) is 5.99. The third kappa shape index (κ3) is 5.40. The van der Waals surface area contributed by atoms with Crippen molar-refractivity contribution in [3.63, 3.8) is 0 Å². The van der Waals surface area contributed by atoms with Crippen LogP contribution in [-0.4, -0.2) is 71.9 Å². The molecule has 0 spiro atoms. The minimum Gasteiger partial charge on any atom is -0.490 e. The second kappa shape index (κ2) is 11.0. The molecule has 1 aliphatic carbocycles. The van der Waals surface area contributed by atoms with Crippen LogP contribution in [0.1, 0.15) is 28.2 Å². The summed E-state index contributed by atoms with van der Waals surface area (Å²) in [4.78, 5) is 9.35. The van der Waals surface area contributed by atoms with E-state index in [2.05, 4.69) is 63.3 Å². The normalized spacial score (nSPS) is 17.6. The molecule has 2 heterocycles. The molecular weight excluding hydrogens is 458 g/mol. The van der Waals surface area contributed by atoms with Crippen molar-refractivity contribution in [2.45, 2.75) is 24.9 Å². The number of ether oxygens (including phenoxy) is 1. The second-order valence-corrected chi connectivity index (χ2v) is 10.3. The number of rotatable bonds is 7. The van der Waals surface area contributed by atoms with E-state index in [-0.39, 0.29) is 6.61 Å². The van der Waals surface area contributed by atoms with Crippen LogP contribution in [-0.2, 0) is 12.8 Å². The summed E-state index contributed by atoms with van der Waals surface area (Å²) < 4.78 is 6.00. The van der Waals surface area contributed by atoms with Gasteiger partial charge in [0.25, 0.3) is 0 Å². The number of hydrogen-bond donors (Lipinski definition) is 1. The molecule has 3 aromatic carbocycles. The molecule has 190 valence electrons. The number of aliphatic hydroxyl groups is 1. The second-order valence-electron chi connectivity index (χ2n) is 10.3. The van der Waals surface area contributed by atoms with Crippen LogP contribution >= 0.6 is 0 Å².